The van der Waals surface area contributed by atoms with Crippen molar-refractivity contribution in [1.29, 1.82) is 0 Å². The van der Waals surface area contributed by atoms with Crippen LogP contribution in [0, 0.1) is 6.92 Å². The first-order valence-corrected chi connectivity index (χ1v) is 10.6. The van der Waals surface area contributed by atoms with E-state index in [1.54, 1.807) is 4.90 Å². The second-order valence-electron chi connectivity index (χ2n) is 8.09. The monoisotopic (exact) mass is 426 g/mol. The first kappa shape index (κ1) is 21.3. The van der Waals surface area contributed by atoms with Gasteiger partial charge in [0.05, 0.1) is 17.2 Å². The van der Waals surface area contributed by atoms with Gasteiger partial charge in [0, 0.05) is 23.1 Å². The maximum atomic E-state index is 13.2. The van der Waals surface area contributed by atoms with Crippen molar-refractivity contribution in [1.82, 2.24) is 9.55 Å². The lowest BCUT2D eigenvalue weighted by Crippen LogP contribution is -2.41. The molecule has 0 fully saturated rings. The third kappa shape index (κ3) is 4.54. The molecule has 0 aliphatic rings. The van der Waals surface area contributed by atoms with Gasteiger partial charge in [-0.05, 0) is 69.3 Å². The molecule has 0 bridgehead atoms. The lowest BCUT2D eigenvalue weighted by molar-refractivity contribution is -0.119. The number of aryl methyl sites for hydroxylation is 1. The van der Waals surface area contributed by atoms with Crippen molar-refractivity contribution in [3.63, 3.8) is 0 Å². The van der Waals surface area contributed by atoms with E-state index in [0.29, 0.717) is 10.9 Å². The number of fused-ring (bicyclic) bond motifs is 1. The third-order valence-electron chi connectivity index (χ3n) is 5.28. The molecule has 1 heterocycles. The molecule has 0 aliphatic carbocycles. The van der Waals surface area contributed by atoms with Gasteiger partial charge in [0.25, 0.3) is 5.56 Å². The minimum absolute atomic E-state index is 0.0678. The molecule has 162 valence electrons. The van der Waals surface area contributed by atoms with Crippen LogP contribution in [0.4, 0.5) is 17.1 Å². The molecule has 4 aromatic rings. The lowest BCUT2D eigenvalue weighted by Gasteiger charge is -2.27. The molecule has 6 nitrogen and oxygen atoms in total. The smallest absolute Gasteiger partial charge is 0.261 e. The van der Waals surface area contributed by atoms with Crippen LogP contribution in [0.15, 0.2) is 83.9 Å². The molecule has 0 atom stereocenters. The molecule has 1 aromatic heterocycles. The highest BCUT2D eigenvalue weighted by atomic mass is 16.2. The van der Waals surface area contributed by atoms with Crippen LogP contribution in [0.25, 0.3) is 10.9 Å². The number of amides is 1. The summed E-state index contributed by atoms with van der Waals surface area (Å²) in [4.78, 5) is 32.2. The Balaban J connectivity index is 1.56. The van der Waals surface area contributed by atoms with Crippen LogP contribution >= 0.6 is 0 Å². The van der Waals surface area contributed by atoms with Crippen molar-refractivity contribution >= 4 is 33.9 Å². The Morgan fingerprint density at radius 3 is 2.38 bits per heavy atom. The van der Waals surface area contributed by atoms with Gasteiger partial charge in [0.15, 0.2) is 0 Å². The highest BCUT2D eigenvalue weighted by Gasteiger charge is 2.20. The highest BCUT2D eigenvalue weighted by Crippen LogP contribution is 2.23. The number of nitrogens with zero attached hydrogens (tertiary/aromatic N) is 3. The van der Waals surface area contributed by atoms with E-state index in [2.05, 4.69) is 10.3 Å². The van der Waals surface area contributed by atoms with Crippen LogP contribution in [0.2, 0.25) is 0 Å². The third-order valence-corrected chi connectivity index (χ3v) is 5.28. The maximum absolute atomic E-state index is 13.2. The largest absolute Gasteiger partial charge is 0.356 e. The molecule has 0 radical (unpaired) electrons. The topological polar surface area (TPSA) is 67.2 Å². The first-order chi connectivity index (χ1) is 15.4. The fourth-order valence-electron chi connectivity index (χ4n) is 3.73. The number of carbonyl (C=O) groups excluding carboxylic acids is 1. The van der Waals surface area contributed by atoms with Crippen LogP contribution in [-0.4, -0.2) is 21.5 Å². The normalized spacial score (nSPS) is 11.0. The first-order valence-electron chi connectivity index (χ1n) is 10.6. The number of nitrogens with one attached hydrogen (secondary N) is 1. The molecular formula is C26H26N4O2. The van der Waals surface area contributed by atoms with E-state index >= 15 is 0 Å². The number of benzene rings is 3. The van der Waals surface area contributed by atoms with E-state index in [1.807, 2.05) is 93.6 Å². The molecule has 6 heteroatoms. The minimum Gasteiger partial charge on any atom is -0.356 e. The fraction of sp³-hybridized carbons (Fsp3) is 0.192. The van der Waals surface area contributed by atoms with Gasteiger partial charge in [-0.2, -0.15) is 0 Å². The number of hydrogen-bond acceptors (Lipinski definition) is 4. The molecule has 0 saturated heterocycles. The summed E-state index contributed by atoms with van der Waals surface area (Å²) in [5.74, 6) is -0.167. The molecule has 0 saturated carbocycles. The molecule has 4 rings (SSSR count). The predicted molar refractivity (Wildman–Crippen MR) is 130 cm³/mol. The predicted octanol–water partition coefficient (Wildman–Crippen LogP) is 4.89. The molecule has 32 heavy (non-hydrogen) atoms. The van der Waals surface area contributed by atoms with Crippen LogP contribution in [0.1, 0.15) is 19.4 Å². The Morgan fingerprint density at radius 1 is 1.00 bits per heavy atom. The SMILES string of the molecule is Cc1ccc2ncn(CC(=O)N(c3ccc(Nc4ccccc4)cc3)C(C)C)c(=O)c2c1. The van der Waals surface area contributed by atoms with Gasteiger partial charge in [0.2, 0.25) is 5.91 Å². The summed E-state index contributed by atoms with van der Waals surface area (Å²) in [5, 5.41) is 3.86. The fourth-order valence-corrected chi connectivity index (χ4v) is 3.73. The Kier molecular flexibility index (Phi) is 6.03. The number of aromatic nitrogens is 2. The molecule has 1 amide bonds. The van der Waals surface area contributed by atoms with E-state index in [0.717, 1.165) is 22.6 Å². The Labute approximate surface area is 187 Å². The summed E-state index contributed by atoms with van der Waals surface area (Å²) in [6.07, 6.45) is 1.45. The zero-order valence-corrected chi connectivity index (χ0v) is 18.4. The van der Waals surface area contributed by atoms with Crippen molar-refractivity contribution in [2.75, 3.05) is 10.2 Å². The van der Waals surface area contributed by atoms with Gasteiger partial charge < -0.3 is 10.2 Å². The average molecular weight is 427 g/mol. The number of rotatable bonds is 6. The molecule has 1 N–H and O–H groups in total. The Morgan fingerprint density at radius 2 is 1.69 bits per heavy atom. The van der Waals surface area contributed by atoms with Crippen LogP contribution in [0.3, 0.4) is 0 Å². The second kappa shape index (κ2) is 9.06. The number of carbonyl (C=O) groups is 1. The summed E-state index contributed by atoms with van der Waals surface area (Å²) in [6.45, 7) is 5.77. The minimum atomic E-state index is -0.210. The van der Waals surface area contributed by atoms with Crippen molar-refractivity contribution in [3.8, 4) is 0 Å². The standard InChI is InChI=1S/C26H26N4O2/c1-18(2)30(22-12-10-21(11-13-22)28-20-7-5-4-6-8-20)25(31)16-29-17-27-24-14-9-19(3)15-23(24)26(29)32/h4-15,17-18,28H,16H2,1-3H3. The van der Waals surface area contributed by atoms with Crippen molar-refractivity contribution < 1.29 is 4.79 Å². The van der Waals surface area contributed by atoms with Gasteiger partial charge >= 0.3 is 0 Å². The number of para-hydroxylation sites is 1. The summed E-state index contributed by atoms with van der Waals surface area (Å²) in [5.41, 5.74) is 4.11. The Bertz CT molecular complexity index is 1300. The van der Waals surface area contributed by atoms with Crippen LogP contribution < -0.4 is 15.8 Å². The van der Waals surface area contributed by atoms with E-state index in [-0.39, 0.29) is 24.1 Å². The molecule has 0 spiro atoms. The lowest BCUT2D eigenvalue weighted by atomic mass is 10.1. The van der Waals surface area contributed by atoms with Gasteiger partial charge in [-0.3, -0.25) is 14.2 Å². The van der Waals surface area contributed by atoms with Gasteiger partial charge in [-0.15, -0.1) is 0 Å². The van der Waals surface area contributed by atoms with Crippen molar-refractivity contribution in [3.05, 3.63) is 95.0 Å². The van der Waals surface area contributed by atoms with Gasteiger partial charge in [-0.25, -0.2) is 4.98 Å². The van der Waals surface area contributed by atoms with Crippen LogP contribution in [-0.2, 0) is 11.3 Å². The van der Waals surface area contributed by atoms with E-state index < -0.39 is 0 Å². The molecule has 0 unspecified atom stereocenters. The quantitative estimate of drug-likeness (QED) is 0.477. The van der Waals surface area contributed by atoms with Crippen molar-refractivity contribution in [2.24, 2.45) is 0 Å². The summed E-state index contributed by atoms with van der Waals surface area (Å²) in [6, 6.07) is 23.1. The summed E-state index contributed by atoms with van der Waals surface area (Å²) in [7, 11) is 0. The molecular weight excluding hydrogens is 400 g/mol. The molecule has 3 aromatic carbocycles. The zero-order chi connectivity index (χ0) is 22.7. The van der Waals surface area contributed by atoms with Crippen LogP contribution in [0.5, 0.6) is 0 Å². The molecule has 0 aliphatic heterocycles. The van der Waals surface area contributed by atoms with Gasteiger partial charge in [-0.1, -0.05) is 29.8 Å². The summed E-state index contributed by atoms with van der Waals surface area (Å²) >= 11 is 0. The average Bonchev–Trinajstić information content (AvgIpc) is 2.78. The van der Waals surface area contributed by atoms with E-state index in [9.17, 15) is 9.59 Å². The zero-order valence-electron chi connectivity index (χ0n) is 18.4. The van der Waals surface area contributed by atoms with E-state index in [1.165, 1.54) is 10.9 Å². The Hall–Kier alpha value is -3.93. The van der Waals surface area contributed by atoms with E-state index in [4.69, 9.17) is 0 Å². The second-order valence-corrected chi connectivity index (χ2v) is 8.09. The van der Waals surface area contributed by atoms with Crippen molar-refractivity contribution in [2.45, 2.75) is 33.4 Å². The summed E-state index contributed by atoms with van der Waals surface area (Å²) < 4.78 is 1.38. The van der Waals surface area contributed by atoms with Gasteiger partial charge in [0.1, 0.15) is 6.54 Å². The highest BCUT2D eigenvalue weighted by molar-refractivity contribution is 5.94. The number of anilines is 3. The number of hydrogen-bond donors (Lipinski definition) is 1. The maximum Gasteiger partial charge on any atom is 0.261 e.